The highest BCUT2D eigenvalue weighted by Gasteiger charge is 2.48. The Balaban J connectivity index is 2.18. The average Bonchev–Trinajstić information content (AvgIpc) is 2.42. The molecular weight excluding hydrogens is 182 g/mol. The topological polar surface area (TPSA) is 49.8 Å². The van der Waals surface area contributed by atoms with Crippen LogP contribution in [-0.4, -0.2) is 48.3 Å². The minimum Gasteiger partial charge on any atom is -0.469 e. The first-order valence-corrected chi connectivity index (χ1v) is 5.13. The summed E-state index contributed by atoms with van der Waals surface area (Å²) in [6.07, 6.45) is 2.27. The first kappa shape index (κ1) is 9.93. The van der Waals surface area contributed by atoms with E-state index in [0.717, 1.165) is 12.8 Å². The summed E-state index contributed by atoms with van der Waals surface area (Å²) >= 11 is 0. The van der Waals surface area contributed by atoms with Crippen LogP contribution in [0.1, 0.15) is 19.3 Å². The van der Waals surface area contributed by atoms with Crippen LogP contribution in [0, 0.1) is 5.92 Å². The van der Waals surface area contributed by atoms with Gasteiger partial charge in [0.15, 0.2) is 0 Å². The van der Waals surface area contributed by atoms with Crippen LogP contribution in [-0.2, 0) is 9.53 Å². The van der Waals surface area contributed by atoms with E-state index < -0.39 is 6.10 Å². The third-order valence-corrected chi connectivity index (χ3v) is 3.71. The van der Waals surface area contributed by atoms with Gasteiger partial charge in [0.05, 0.1) is 19.1 Å². The molecule has 0 saturated carbocycles. The van der Waals surface area contributed by atoms with Crippen molar-refractivity contribution in [2.75, 3.05) is 14.2 Å². The molecule has 0 aromatic rings. The molecule has 0 aromatic heterocycles. The highest BCUT2D eigenvalue weighted by molar-refractivity contribution is 5.74. The highest BCUT2D eigenvalue weighted by atomic mass is 16.5. The number of aliphatic hydroxyl groups is 1. The van der Waals surface area contributed by atoms with Crippen LogP contribution in [0.3, 0.4) is 0 Å². The summed E-state index contributed by atoms with van der Waals surface area (Å²) in [6.45, 7) is 0. The molecule has 2 fully saturated rings. The zero-order valence-corrected chi connectivity index (χ0v) is 8.64. The molecule has 0 aliphatic carbocycles. The van der Waals surface area contributed by atoms with E-state index in [4.69, 9.17) is 4.74 Å². The molecule has 2 heterocycles. The zero-order chi connectivity index (χ0) is 10.3. The lowest BCUT2D eigenvalue weighted by Crippen LogP contribution is -2.52. The molecule has 80 valence electrons. The van der Waals surface area contributed by atoms with Crippen LogP contribution < -0.4 is 0 Å². The Labute approximate surface area is 83.8 Å². The van der Waals surface area contributed by atoms with E-state index in [9.17, 15) is 9.90 Å². The Morgan fingerprint density at radius 1 is 1.50 bits per heavy atom. The number of rotatable bonds is 1. The molecule has 4 nitrogen and oxygen atoms in total. The summed E-state index contributed by atoms with van der Waals surface area (Å²) in [7, 11) is 3.42. The van der Waals surface area contributed by atoms with Gasteiger partial charge in [0, 0.05) is 12.1 Å². The maximum absolute atomic E-state index is 11.5. The number of hydrogen-bond donors (Lipinski definition) is 1. The standard InChI is InChI=1S/C10H17NO3/c1-11-6-3-4-7(11)9(8(12)5-6)10(13)14-2/h6-9,12H,3-5H2,1-2H3/t6?,7?,8?,9-/m1/s1. The quantitative estimate of drug-likeness (QED) is 0.604. The van der Waals surface area contributed by atoms with E-state index in [-0.39, 0.29) is 17.9 Å². The van der Waals surface area contributed by atoms with Gasteiger partial charge in [-0.05, 0) is 26.3 Å². The fourth-order valence-corrected chi connectivity index (χ4v) is 2.89. The number of methoxy groups -OCH3 is 1. The molecule has 2 bridgehead atoms. The van der Waals surface area contributed by atoms with Gasteiger partial charge in [-0.3, -0.25) is 9.69 Å². The van der Waals surface area contributed by atoms with E-state index in [1.165, 1.54) is 7.11 Å². The van der Waals surface area contributed by atoms with Crippen LogP contribution in [0.25, 0.3) is 0 Å². The number of hydrogen-bond acceptors (Lipinski definition) is 4. The monoisotopic (exact) mass is 199 g/mol. The molecule has 2 rings (SSSR count). The predicted octanol–water partition coefficient (Wildman–Crippen LogP) is 0.00300. The van der Waals surface area contributed by atoms with E-state index in [0.29, 0.717) is 12.5 Å². The van der Waals surface area contributed by atoms with Crippen molar-refractivity contribution in [2.24, 2.45) is 5.92 Å². The van der Waals surface area contributed by atoms with Crippen molar-refractivity contribution in [1.82, 2.24) is 4.90 Å². The van der Waals surface area contributed by atoms with Crippen LogP contribution in [0.5, 0.6) is 0 Å². The molecule has 3 unspecified atom stereocenters. The Morgan fingerprint density at radius 2 is 2.21 bits per heavy atom. The summed E-state index contributed by atoms with van der Waals surface area (Å²) < 4.78 is 4.73. The number of carbonyl (C=O) groups is 1. The van der Waals surface area contributed by atoms with E-state index in [2.05, 4.69) is 4.90 Å². The molecule has 4 heteroatoms. The molecule has 0 spiro atoms. The van der Waals surface area contributed by atoms with Crippen LogP contribution in [0.15, 0.2) is 0 Å². The second kappa shape index (κ2) is 3.51. The normalized spacial score (nSPS) is 42.5. The van der Waals surface area contributed by atoms with Gasteiger partial charge in [0.25, 0.3) is 0 Å². The van der Waals surface area contributed by atoms with Crippen LogP contribution >= 0.6 is 0 Å². The minimum absolute atomic E-state index is 0.177. The van der Waals surface area contributed by atoms with E-state index >= 15 is 0 Å². The number of nitrogens with zero attached hydrogens (tertiary/aromatic N) is 1. The van der Waals surface area contributed by atoms with Crippen LogP contribution in [0.2, 0.25) is 0 Å². The van der Waals surface area contributed by atoms with Crippen molar-refractivity contribution in [2.45, 2.75) is 37.5 Å². The van der Waals surface area contributed by atoms with E-state index in [1.807, 2.05) is 7.05 Å². The van der Waals surface area contributed by atoms with Crippen molar-refractivity contribution in [3.8, 4) is 0 Å². The third kappa shape index (κ3) is 1.33. The van der Waals surface area contributed by atoms with Gasteiger partial charge in [0.1, 0.15) is 0 Å². The zero-order valence-electron chi connectivity index (χ0n) is 8.64. The molecule has 2 aliphatic rings. The molecule has 4 atom stereocenters. The highest BCUT2D eigenvalue weighted by Crippen LogP contribution is 2.38. The molecule has 0 aromatic carbocycles. The Bertz CT molecular complexity index is 244. The molecule has 14 heavy (non-hydrogen) atoms. The lowest BCUT2D eigenvalue weighted by atomic mass is 9.88. The van der Waals surface area contributed by atoms with Crippen molar-refractivity contribution >= 4 is 5.97 Å². The number of esters is 1. The first-order valence-electron chi connectivity index (χ1n) is 5.13. The lowest BCUT2D eigenvalue weighted by molar-refractivity contribution is -0.155. The molecule has 1 N–H and O–H groups in total. The Morgan fingerprint density at radius 3 is 2.86 bits per heavy atom. The molecular formula is C10H17NO3. The summed E-state index contributed by atoms with van der Waals surface area (Å²) in [4.78, 5) is 13.7. The Hall–Kier alpha value is -0.610. The molecule has 0 radical (unpaired) electrons. The summed E-state index contributed by atoms with van der Waals surface area (Å²) in [5, 5.41) is 9.84. The van der Waals surface area contributed by atoms with Gasteiger partial charge < -0.3 is 9.84 Å². The predicted molar refractivity (Wildman–Crippen MR) is 50.7 cm³/mol. The Kier molecular flexibility index (Phi) is 2.49. The fourth-order valence-electron chi connectivity index (χ4n) is 2.89. The smallest absolute Gasteiger partial charge is 0.312 e. The van der Waals surface area contributed by atoms with E-state index in [1.54, 1.807) is 0 Å². The minimum atomic E-state index is -0.517. The summed E-state index contributed by atoms with van der Waals surface area (Å²) in [5.41, 5.74) is 0. The van der Waals surface area contributed by atoms with Crippen molar-refractivity contribution in [1.29, 1.82) is 0 Å². The van der Waals surface area contributed by atoms with Gasteiger partial charge >= 0.3 is 5.97 Å². The lowest BCUT2D eigenvalue weighted by Gasteiger charge is -2.39. The van der Waals surface area contributed by atoms with Gasteiger partial charge in [-0.15, -0.1) is 0 Å². The number of aliphatic hydroxyl groups excluding tert-OH is 1. The van der Waals surface area contributed by atoms with Gasteiger partial charge in [-0.25, -0.2) is 0 Å². The summed E-state index contributed by atoms with van der Waals surface area (Å²) in [6, 6.07) is 0.632. The third-order valence-electron chi connectivity index (χ3n) is 3.71. The first-order chi connectivity index (χ1) is 6.65. The van der Waals surface area contributed by atoms with Crippen molar-refractivity contribution in [3.63, 3.8) is 0 Å². The molecule has 2 aliphatic heterocycles. The maximum atomic E-state index is 11.5. The van der Waals surface area contributed by atoms with Gasteiger partial charge in [-0.2, -0.15) is 0 Å². The van der Waals surface area contributed by atoms with Crippen molar-refractivity contribution in [3.05, 3.63) is 0 Å². The number of fused-ring (bicyclic) bond motifs is 2. The molecule has 2 saturated heterocycles. The maximum Gasteiger partial charge on any atom is 0.312 e. The second-order valence-electron chi connectivity index (χ2n) is 4.32. The molecule has 0 amide bonds. The number of piperidine rings is 1. The second-order valence-corrected chi connectivity index (χ2v) is 4.32. The van der Waals surface area contributed by atoms with Gasteiger partial charge in [0.2, 0.25) is 0 Å². The van der Waals surface area contributed by atoms with Crippen molar-refractivity contribution < 1.29 is 14.6 Å². The van der Waals surface area contributed by atoms with Crippen LogP contribution in [0.4, 0.5) is 0 Å². The fraction of sp³-hybridized carbons (Fsp3) is 0.900. The number of ether oxygens (including phenoxy) is 1. The largest absolute Gasteiger partial charge is 0.469 e. The summed E-state index contributed by atoms with van der Waals surface area (Å²) in [5.74, 6) is -0.613. The number of carbonyl (C=O) groups excluding carboxylic acids is 1. The van der Waals surface area contributed by atoms with Gasteiger partial charge in [-0.1, -0.05) is 0 Å². The average molecular weight is 199 g/mol. The SMILES string of the molecule is COC(=O)[C@H]1C(O)CC2CCC1N2C.